The fraction of sp³-hybridized carbons (Fsp3) is 0.125. The van der Waals surface area contributed by atoms with Gasteiger partial charge in [0.15, 0.2) is 0 Å². The Morgan fingerprint density at radius 2 is 2.27 bits per heavy atom. The second kappa shape index (κ2) is 1.99. The van der Waals surface area contributed by atoms with E-state index < -0.39 is 0 Å². The summed E-state index contributed by atoms with van der Waals surface area (Å²) in [5.74, 6) is 0.205. The molecule has 56 valence electrons. The lowest BCUT2D eigenvalue weighted by Gasteiger charge is -1.95. The van der Waals surface area contributed by atoms with Gasteiger partial charge in [0.1, 0.15) is 12.0 Å². The van der Waals surface area contributed by atoms with E-state index in [0.29, 0.717) is 5.69 Å². The molecule has 2 rings (SSSR count). The third-order valence-corrected chi connectivity index (χ3v) is 1.69. The van der Waals surface area contributed by atoms with E-state index in [-0.39, 0.29) is 5.75 Å². The smallest absolute Gasteiger partial charge is 0.147 e. The first kappa shape index (κ1) is 6.22. The van der Waals surface area contributed by atoms with Gasteiger partial charge in [-0.3, -0.25) is 4.98 Å². The van der Waals surface area contributed by atoms with Crippen molar-refractivity contribution >= 4 is 10.8 Å². The number of rotatable bonds is 0. The van der Waals surface area contributed by atoms with E-state index in [1.165, 1.54) is 6.26 Å². The van der Waals surface area contributed by atoms with Crippen LogP contribution >= 0.6 is 0 Å². The first-order valence-corrected chi connectivity index (χ1v) is 3.29. The van der Waals surface area contributed by atoms with Gasteiger partial charge in [0.05, 0.1) is 17.3 Å². The average Bonchev–Trinajstić information content (AvgIpc) is 2.45. The van der Waals surface area contributed by atoms with Crippen molar-refractivity contribution < 1.29 is 9.52 Å². The van der Waals surface area contributed by atoms with Crippen molar-refractivity contribution in [1.29, 1.82) is 0 Å². The Kier molecular flexibility index (Phi) is 1.12. The largest absolute Gasteiger partial charge is 0.505 e. The highest BCUT2D eigenvalue weighted by molar-refractivity contribution is 5.86. The molecule has 0 fully saturated rings. The van der Waals surface area contributed by atoms with Crippen LogP contribution in [0.15, 0.2) is 23.1 Å². The summed E-state index contributed by atoms with van der Waals surface area (Å²) in [7, 11) is 0. The summed E-state index contributed by atoms with van der Waals surface area (Å²) in [6.07, 6.45) is 4.74. The van der Waals surface area contributed by atoms with E-state index in [1.807, 2.05) is 0 Å². The highest BCUT2D eigenvalue weighted by atomic mass is 16.3. The van der Waals surface area contributed by atoms with E-state index in [4.69, 9.17) is 4.42 Å². The molecular weight excluding hydrogens is 142 g/mol. The van der Waals surface area contributed by atoms with Crippen LogP contribution in [0, 0.1) is 6.92 Å². The van der Waals surface area contributed by atoms with Gasteiger partial charge in [0.2, 0.25) is 0 Å². The highest BCUT2D eigenvalue weighted by Crippen LogP contribution is 2.26. The van der Waals surface area contributed by atoms with Crippen LogP contribution in [0.4, 0.5) is 0 Å². The molecule has 0 saturated carbocycles. The topological polar surface area (TPSA) is 46.3 Å². The van der Waals surface area contributed by atoms with Crippen LogP contribution in [-0.4, -0.2) is 10.1 Å². The molecule has 0 radical (unpaired) electrons. The van der Waals surface area contributed by atoms with Gasteiger partial charge < -0.3 is 9.52 Å². The van der Waals surface area contributed by atoms with Crippen LogP contribution in [0.25, 0.3) is 10.8 Å². The molecule has 0 bridgehead atoms. The molecule has 2 aromatic rings. The quantitative estimate of drug-likeness (QED) is 0.621. The molecular formula is C8H7NO2. The van der Waals surface area contributed by atoms with Crippen LogP contribution in [0.1, 0.15) is 5.69 Å². The zero-order valence-electron chi connectivity index (χ0n) is 6.03. The number of hydrogen-bond donors (Lipinski definition) is 1. The van der Waals surface area contributed by atoms with E-state index in [0.717, 1.165) is 10.8 Å². The molecule has 1 N–H and O–H groups in total. The zero-order valence-corrected chi connectivity index (χ0v) is 6.03. The van der Waals surface area contributed by atoms with Gasteiger partial charge in [-0.25, -0.2) is 0 Å². The van der Waals surface area contributed by atoms with Crippen molar-refractivity contribution in [3.05, 3.63) is 24.4 Å². The zero-order chi connectivity index (χ0) is 7.84. The number of nitrogens with zero attached hydrogens (tertiary/aromatic N) is 1. The maximum absolute atomic E-state index is 9.42. The molecule has 11 heavy (non-hydrogen) atoms. The van der Waals surface area contributed by atoms with Gasteiger partial charge in [-0.2, -0.15) is 0 Å². The minimum absolute atomic E-state index is 0.205. The van der Waals surface area contributed by atoms with Gasteiger partial charge in [0.25, 0.3) is 0 Å². The van der Waals surface area contributed by atoms with Crippen LogP contribution in [0.2, 0.25) is 0 Å². The van der Waals surface area contributed by atoms with E-state index in [2.05, 4.69) is 4.98 Å². The Labute approximate surface area is 63.3 Å². The molecule has 0 amide bonds. The Morgan fingerprint density at radius 1 is 1.45 bits per heavy atom. The van der Waals surface area contributed by atoms with Crippen molar-refractivity contribution in [2.75, 3.05) is 0 Å². The van der Waals surface area contributed by atoms with Gasteiger partial charge >= 0.3 is 0 Å². The first-order valence-electron chi connectivity index (χ1n) is 3.29. The van der Waals surface area contributed by atoms with Crippen LogP contribution in [0.3, 0.4) is 0 Å². The van der Waals surface area contributed by atoms with Gasteiger partial charge in [-0.05, 0) is 6.92 Å². The van der Waals surface area contributed by atoms with Crippen molar-refractivity contribution in [2.45, 2.75) is 6.92 Å². The van der Waals surface area contributed by atoms with Crippen molar-refractivity contribution in [3.8, 4) is 5.75 Å². The summed E-state index contributed by atoms with van der Waals surface area (Å²) in [6, 6.07) is 0. The molecule has 0 saturated heterocycles. The molecule has 3 heteroatoms. The summed E-state index contributed by atoms with van der Waals surface area (Å²) in [4.78, 5) is 3.97. The predicted molar refractivity (Wildman–Crippen MR) is 40.4 cm³/mol. The van der Waals surface area contributed by atoms with Crippen molar-refractivity contribution in [3.63, 3.8) is 0 Å². The molecule has 2 aromatic heterocycles. The van der Waals surface area contributed by atoms with Crippen LogP contribution in [-0.2, 0) is 0 Å². The summed E-state index contributed by atoms with van der Waals surface area (Å²) >= 11 is 0. The fourth-order valence-corrected chi connectivity index (χ4v) is 1.02. The number of pyridine rings is 1. The van der Waals surface area contributed by atoms with Crippen molar-refractivity contribution in [1.82, 2.24) is 4.98 Å². The number of aryl methyl sites for hydroxylation is 1. The average molecular weight is 149 g/mol. The van der Waals surface area contributed by atoms with Crippen LogP contribution in [0.5, 0.6) is 5.75 Å². The lowest BCUT2D eigenvalue weighted by Crippen LogP contribution is -1.79. The van der Waals surface area contributed by atoms with E-state index >= 15 is 0 Å². The Balaban J connectivity index is 2.93. The van der Waals surface area contributed by atoms with Gasteiger partial charge in [-0.15, -0.1) is 0 Å². The number of aromatic nitrogens is 1. The SMILES string of the molecule is Cc1ncc2cocc2c1O. The molecule has 0 aliphatic carbocycles. The highest BCUT2D eigenvalue weighted by Gasteiger charge is 2.04. The maximum Gasteiger partial charge on any atom is 0.147 e. The third-order valence-electron chi connectivity index (χ3n) is 1.69. The Bertz CT molecular complexity index is 392. The van der Waals surface area contributed by atoms with Crippen molar-refractivity contribution in [2.24, 2.45) is 0 Å². The minimum atomic E-state index is 0.205. The third kappa shape index (κ3) is 0.774. The molecule has 3 nitrogen and oxygen atoms in total. The molecule has 2 heterocycles. The minimum Gasteiger partial charge on any atom is -0.505 e. The summed E-state index contributed by atoms with van der Waals surface area (Å²) in [5, 5.41) is 11.0. The lowest BCUT2D eigenvalue weighted by atomic mass is 10.2. The molecule has 0 atom stereocenters. The molecule has 0 aliphatic heterocycles. The molecule has 0 aromatic carbocycles. The van der Waals surface area contributed by atoms with E-state index in [9.17, 15) is 5.11 Å². The van der Waals surface area contributed by atoms with E-state index in [1.54, 1.807) is 19.4 Å². The Morgan fingerprint density at radius 3 is 3.09 bits per heavy atom. The summed E-state index contributed by atoms with van der Waals surface area (Å²) in [6.45, 7) is 1.75. The first-order chi connectivity index (χ1) is 5.29. The van der Waals surface area contributed by atoms with Crippen LogP contribution < -0.4 is 0 Å². The summed E-state index contributed by atoms with van der Waals surface area (Å²) < 4.78 is 4.90. The number of furan rings is 1. The number of hydrogen-bond acceptors (Lipinski definition) is 3. The number of aromatic hydroxyl groups is 1. The van der Waals surface area contributed by atoms with Gasteiger partial charge in [-0.1, -0.05) is 0 Å². The Hall–Kier alpha value is -1.51. The summed E-state index contributed by atoms with van der Waals surface area (Å²) in [5.41, 5.74) is 0.624. The standard InChI is InChI=1S/C8H7NO2/c1-5-8(10)7-4-11-3-6(7)2-9-5/h2-4,10H,1H3. The fourth-order valence-electron chi connectivity index (χ4n) is 1.02. The van der Waals surface area contributed by atoms with Gasteiger partial charge in [0, 0.05) is 11.6 Å². The second-order valence-electron chi connectivity index (χ2n) is 2.43. The molecule has 0 aliphatic rings. The monoisotopic (exact) mass is 149 g/mol. The maximum atomic E-state index is 9.42. The molecule has 0 unspecified atom stereocenters. The molecule has 0 spiro atoms. The second-order valence-corrected chi connectivity index (χ2v) is 2.43. The predicted octanol–water partition coefficient (Wildman–Crippen LogP) is 1.84. The lowest BCUT2D eigenvalue weighted by molar-refractivity contribution is 0.473. The number of fused-ring (bicyclic) bond motifs is 1. The normalized spacial score (nSPS) is 10.6.